The Balaban J connectivity index is 2.54. The van der Waals surface area contributed by atoms with E-state index < -0.39 is 0 Å². The molecule has 0 unspecified atom stereocenters. The molecule has 0 bridgehead atoms. The van der Waals surface area contributed by atoms with Gasteiger partial charge in [-0.25, -0.2) is 0 Å². The van der Waals surface area contributed by atoms with Crippen molar-refractivity contribution in [3.8, 4) is 0 Å². The maximum atomic E-state index is 5.75. The number of ether oxygens (including phenoxy) is 1. The van der Waals surface area contributed by atoms with Gasteiger partial charge in [-0.05, 0) is 30.6 Å². The first-order valence-electron chi connectivity index (χ1n) is 5.55. The number of hydrogen-bond donors (Lipinski definition) is 0. The second-order valence-electron chi connectivity index (χ2n) is 4.76. The third-order valence-corrected chi connectivity index (χ3v) is 3.48. The molecule has 82 valence electrons. The van der Waals surface area contributed by atoms with Gasteiger partial charge in [-0.1, -0.05) is 43.1 Å². The van der Waals surface area contributed by atoms with E-state index in [1.165, 1.54) is 19.3 Å². The lowest BCUT2D eigenvalue weighted by Gasteiger charge is -2.36. The summed E-state index contributed by atoms with van der Waals surface area (Å²) in [7, 11) is 0. The lowest BCUT2D eigenvalue weighted by Crippen LogP contribution is -2.33. The Bertz CT molecular complexity index is 189. The smallest absolute Gasteiger partial charge is 0.101 e. The maximum Gasteiger partial charge on any atom is 0.101 e. The van der Waals surface area contributed by atoms with Gasteiger partial charge in [0.15, 0.2) is 0 Å². The predicted octanol–water partition coefficient (Wildman–Crippen LogP) is 4.33. The summed E-state index contributed by atoms with van der Waals surface area (Å²) in [6, 6.07) is 0. The number of hydrogen-bond acceptors (Lipinski definition) is 1. The second-order valence-corrected chi connectivity index (χ2v) is 5.29. The quantitative estimate of drug-likeness (QED) is 0.687. The van der Waals surface area contributed by atoms with E-state index in [0.717, 1.165) is 17.8 Å². The lowest BCUT2D eigenvalue weighted by molar-refractivity contribution is 0.0139. The molecule has 0 aromatic rings. The fourth-order valence-corrected chi connectivity index (χ4v) is 2.53. The van der Waals surface area contributed by atoms with E-state index in [4.69, 9.17) is 4.74 Å². The summed E-state index contributed by atoms with van der Waals surface area (Å²) >= 11 is 3.24. The molecule has 1 aliphatic rings. The van der Waals surface area contributed by atoms with Gasteiger partial charge in [0.2, 0.25) is 0 Å². The van der Waals surface area contributed by atoms with Gasteiger partial charge in [0.25, 0.3) is 0 Å². The Labute approximate surface area is 96.0 Å². The molecule has 1 rings (SSSR count). The van der Waals surface area contributed by atoms with Crippen molar-refractivity contribution in [2.24, 2.45) is 17.8 Å². The maximum absolute atomic E-state index is 5.75. The molecule has 3 atom stereocenters. The third kappa shape index (κ3) is 3.30. The lowest BCUT2D eigenvalue weighted by atomic mass is 9.75. The van der Waals surface area contributed by atoms with Crippen LogP contribution in [0.1, 0.15) is 40.0 Å². The van der Waals surface area contributed by atoms with Crippen LogP contribution < -0.4 is 0 Å². The third-order valence-electron chi connectivity index (χ3n) is 3.27. The highest BCUT2D eigenvalue weighted by Gasteiger charge is 2.31. The fraction of sp³-hybridized carbons (Fsp3) is 0.833. The van der Waals surface area contributed by atoms with Gasteiger partial charge in [-0.15, -0.1) is 0 Å². The van der Waals surface area contributed by atoms with Crippen LogP contribution in [0, 0.1) is 17.8 Å². The first kappa shape index (κ1) is 12.1. The van der Waals surface area contributed by atoms with Crippen LogP contribution in [0.3, 0.4) is 0 Å². The SMILES string of the molecule is CC(C)[C@@H]1CC[C@@H](C)C[C@H]1OC=CBr. The summed E-state index contributed by atoms with van der Waals surface area (Å²) in [5.74, 6) is 2.28. The van der Waals surface area contributed by atoms with Crippen molar-refractivity contribution in [2.75, 3.05) is 0 Å². The van der Waals surface area contributed by atoms with Gasteiger partial charge in [-0.3, -0.25) is 0 Å². The van der Waals surface area contributed by atoms with E-state index in [9.17, 15) is 0 Å². The van der Waals surface area contributed by atoms with Gasteiger partial charge >= 0.3 is 0 Å². The summed E-state index contributed by atoms with van der Waals surface area (Å²) in [4.78, 5) is 1.80. The highest BCUT2D eigenvalue weighted by Crippen LogP contribution is 2.35. The Morgan fingerprint density at radius 3 is 2.64 bits per heavy atom. The molecule has 0 aliphatic heterocycles. The molecule has 0 aromatic carbocycles. The normalized spacial score (nSPS) is 33.9. The van der Waals surface area contributed by atoms with E-state index in [0.29, 0.717) is 6.10 Å². The Hall–Kier alpha value is 0.0200. The highest BCUT2D eigenvalue weighted by molar-refractivity contribution is 9.11. The first-order chi connectivity index (χ1) is 6.65. The van der Waals surface area contributed by atoms with E-state index >= 15 is 0 Å². The van der Waals surface area contributed by atoms with E-state index in [2.05, 4.69) is 36.7 Å². The summed E-state index contributed by atoms with van der Waals surface area (Å²) in [6.45, 7) is 6.93. The van der Waals surface area contributed by atoms with Crippen LogP contribution in [-0.4, -0.2) is 6.10 Å². The average Bonchev–Trinajstić information content (AvgIpc) is 2.14. The molecular formula is C12H21BrO. The van der Waals surface area contributed by atoms with Crippen LogP contribution in [0.25, 0.3) is 0 Å². The molecule has 0 spiro atoms. The molecule has 0 N–H and O–H groups in total. The molecule has 0 heterocycles. The van der Waals surface area contributed by atoms with Crippen LogP contribution in [0.15, 0.2) is 11.2 Å². The first-order valence-corrected chi connectivity index (χ1v) is 6.47. The van der Waals surface area contributed by atoms with Crippen LogP contribution in [0.5, 0.6) is 0 Å². The zero-order valence-corrected chi connectivity index (χ0v) is 11.0. The molecule has 1 aliphatic carbocycles. The fourth-order valence-electron chi connectivity index (χ4n) is 2.40. The minimum atomic E-state index is 0.424. The molecule has 1 nitrogen and oxygen atoms in total. The topological polar surface area (TPSA) is 9.23 Å². The second kappa shape index (κ2) is 5.79. The van der Waals surface area contributed by atoms with Gasteiger partial charge < -0.3 is 4.74 Å². The molecule has 1 saturated carbocycles. The van der Waals surface area contributed by atoms with Crippen molar-refractivity contribution in [3.05, 3.63) is 11.2 Å². The number of halogens is 1. The van der Waals surface area contributed by atoms with Crippen molar-refractivity contribution < 1.29 is 4.74 Å². The van der Waals surface area contributed by atoms with Crippen molar-refractivity contribution in [1.29, 1.82) is 0 Å². The minimum absolute atomic E-state index is 0.424. The highest BCUT2D eigenvalue weighted by atomic mass is 79.9. The Morgan fingerprint density at radius 1 is 1.36 bits per heavy atom. The molecule has 0 aromatic heterocycles. The molecular weight excluding hydrogens is 240 g/mol. The standard InChI is InChI=1S/C12H21BrO/c1-9(2)11-5-4-10(3)8-12(11)14-7-6-13/h6-7,9-12H,4-5,8H2,1-3H3/t10-,11+,12-/m1/s1. The summed E-state index contributed by atoms with van der Waals surface area (Å²) < 4.78 is 5.75. The molecule has 0 saturated heterocycles. The van der Waals surface area contributed by atoms with Gasteiger partial charge in [0, 0.05) is 4.99 Å². The van der Waals surface area contributed by atoms with E-state index in [-0.39, 0.29) is 0 Å². The molecule has 14 heavy (non-hydrogen) atoms. The van der Waals surface area contributed by atoms with Gasteiger partial charge in [0.05, 0.1) is 6.26 Å². The minimum Gasteiger partial charge on any atom is -0.497 e. The average molecular weight is 261 g/mol. The molecule has 2 heteroatoms. The van der Waals surface area contributed by atoms with Crippen molar-refractivity contribution in [3.63, 3.8) is 0 Å². The van der Waals surface area contributed by atoms with Gasteiger partial charge in [0.1, 0.15) is 6.10 Å². The van der Waals surface area contributed by atoms with Crippen LogP contribution in [0.2, 0.25) is 0 Å². The van der Waals surface area contributed by atoms with Crippen molar-refractivity contribution in [2.45, 2.75) is 46.1 Å². The van der Waals surface area contributed by atoms with E-state index in [1.54, 1.807) is 11.2 Å². The largest absolute Gasteiger partial charge is 0.497 e. The van der Waals surface area contributed by atoms with Crippen LogP contribution in [0.4, 0.5) is 0 Å². The van der Waals surface area contributed by atoms with Gasteiger partial charge in [-0.2, -0.15) is 0 Å². The molecule has 0 amide bonds. The molecule has 0 radical (unpaired) electrons. The summed E-state index contributed by atoms with van der Waals surface area (Å²) in [5.41, 5.74) is 0. The summed E-state index contributed by atoms with van der Waals surface area (Å²) in [5, 5.41) is 0. The van der Waals surface area contributed by atoms with Crippen molar-refractivity contribution in [1.82, 2.24) is 0 Å². The predicted molar refractivity (Wildman–Crippen MR) is 64.3 cm³/mol. The van der Waals surface area contributed by atoms with Crippen LogP contribution >= 0.6 is 15.9 Å². The molecule has 1 fully saturated rings. The zero-order valence-electron chi connectivity index (χ0n) is 9.37. The Morgan fingerprint density at radius 2 is 2.07 bits per heavy atom. The Kier molecular flexibility index (Phi) is 5.00. The zero-order chi connectivity index (χ0) is 10.6. The van der Waals surface area contributed by atoms with Crippen molar-refractivity contribution >= 4 is 15.9 Å². The van der Waals surface area contributed by atoms with E-state index in [1.807, 2.05) is 0 Å². The van der Waals surface area contributed by atoms with Crippen LogP contribution in [-0.2, 0) is 4.74 Å². The summed E-state index contributed by atoms with van der Waals surface area (Å²) in [6.07, 6.45) is 6.09. The number of rotatable bonds is 3. The monoisotopic (exact) mass is 260 g/mol.